The first-order valence-electron chi connectivity index (χ1n) is 5.32. The van der Waals surface area contributed by atoms with Crippen LogP contribution in [0.5, 0.6) is 0 Å². The van der Waals surface area contributed by atoms with Crippen molar-refractivity contribution in [3.63, 3.8) is 0 Å². The fourth-order valence-electron chi connectivity index (χ4n) is 1.45. The standard InChI is InChI=1S/C12H14BrN3S/c1-12(2,3)9-6-11(17)16(15-9)10-5-4-8(13)7-14-10/h4-7,15H,1-3H3. The van der Waals surface area contributed by atoms with Gasteiger partial charge in [-0.2, -0.15) is 0 Å². The normalized spacial score (nSPS) is 11.8. The number of H-pyrrole nitrogens is 1. The van der Waals surface area contributed by atoms with E-state index in [-0.39, 0.29) is 5.41 Å². The fraction of sp³-hybridized carbons (Fsp3) is 0.333. The second-order valence-electron chi connectivity index (χ2n) is 4.93. The molecule has 0 fully saturated rings. The average Bonchev–Trinajstić information content (AvgIpc) is 2.61. The van der Waals surface area contributed by atoms with Gasteiger partial charge in [0.2, 0.25) is 0 Å². The summed E-state index contributed by atoms with van der Waals surface area (Å²) >= 11 is 8.70. The van der Waals surface area contributed by atoms with E-state index in [2.05, 4.69) is 46.8 Å². The summed E-state index contributed by atoms with van der Waals surface area (Å²) in [5.41, 5.74) is 1.15. The van der Waals surface area contributed by atoms with Gasteiger partial charge in [-0.3, -0.25) is 5.10 Å². The van der Waals surface area contributed by atoms with Gasteiger partial charge in [-0.25, -0.2) is 9.67 Å². The van der Waals surface area contributed by atoms with Gasteiger partial charge in [-0.1, -0.05) is 33.0 Å². The third-order valence-electron chi connectivity index (χ3n) is 2.47. The van der Waals surface area contributed by atoms with E-state index in [1.54, 1.807) is 6.20 Å². The van der Waals surface area contributed by atoms with Gasteiger partial charge >= 0.3 is 0 Å². The van der Waals surface area contributed by atoms with Crippen LogP contribution in [0.25, 0.3) is 5.82 Å². The maximum atomic E-state index is 5.34. The number of aromatic nitrogens is 3. The van der Waals surface area contributed by atoms with Gasteiger partial charge in [0, 0.05) is 21.8 Å². The molecule has 2 aromatic rings. The minimum atomic E-state index is 0.0498. The molecule has 3 nitrogen and oxygen atoms in total. The molecule has 0 saturated heterocycles. The van der Waals surface area contributed by atoms with E-state index in [9.17, 15) is 0 Å². The molecule has 0 radical (unpaired) electrons. The van der Waals surface area contributed by atoms with Crippen LogP contribution >= 0.6 is 28.1 Å². The lowest BCUT2D eigenvalue weighted by atomic mass is 9.93. The van der Waals surface area contributed by atoms with E-state index < -0.39 is 0 Å². The first-order chi connectivity index (χ1) is 7.88. The summed E-state index contributed by atoms with van der Waals surface area (Å²) in [4.78, 5) is 4.32. The monoisotopic (exact) mass is 311 g/mol. The number of hydrogen-bond acceptors (Lipinski definition) is 2. The molecule has 0 atom stereocenters. The molecule has 0 aliphatic carbocycles. The van der Waals surface area contributed by atoms with Crippen molar-refractivity contribution in [1.29, 1.82) is 0 Å². The number of nitrogens with zero attached hydrogens (tertiary/aromatic N) is 2. The molecule has 0 aliphatic rings. The lowest BCUT2D eigenvalue weighted by Gasteiger charge is -2.15. The number of hydrogen-bond donors (Lipinski definition) is 1. The van der Waals surface area contributed by atoms with Gasteiger partial charge in [0.05, 0.1) is 0 Å². The Balaban J connectivity index is 2.50. The van der Waals surface area contributed by atoms with Crippen LogP contribution in [-0.2, 0) is 5.41 Å². The molecule has 0 aliphatic heterocycles. The van der Waals surface area contributed by atoms with Gasteiger partial charge in [-0.15, -0.1) is 0 Å². The second-order valence-corrected chi connectivity index (χ2v) is 6.26. The molecule has 0 unspecified atom stereocenters. The number of pyridine rings is 1. The van der Waals surface area contributed by atoms with Crippen LogP contribution < -0.4 is 0 Å². The van der Waals surface area contributed by atoms with E-state index in [0.717, 1.165) is 20.6 Å². The summed E-state index contributed by atoms with van der Waals surface area (Å²) < 4.78 is 3.52. The minimum absolute atomic E-state index is 0.0498. The smallest absolute Gasteiger partial charge is 0.152 e. The Morgan fingerprint density at radius 1 is 1.35 bits per heavy atom. The number of nitrogens with one attached hydrogen (secondary N) is 1. The summed E-state index contributed by atoms with van der Waals surface area (Å²) in [5.74, 6) is 0.800. The van der Waals surface area contributed by atoms with Crippen molar-refractivity contribution in [3.05, 3.63) is 39.2 Å². The molecule has 0 bridgehead atoms. The van der Waals surface area contributed by atoms with Gasteiger partial charge in [-0.05, 0) is 34.1 Å². The Hall–Kier alpha value is -0.940. The summed E-state index contributed by atoms with van der Waals surface area (Å²) in [6.07, 6.45) is 1.76. The first kappa shape index (κ1) is 12.5. The molecule has 2 rings (SSSR count). The maximum Gasteiger partial charge on any atom is 0.152 e. The third kappa shape index (κ3) is 2.66. The minimum Gasteiger partial charge on any atom is -0.295 e. The largest absolute Gasteiger partial charge is 0.295 e. The highest BCUT2D eigenvalue weighted by atomic mass is 79.9. The molecule has 2 heterocycles. The zero-order chi connectivity index (χ0) is 12.6. The Kier molecular flexibility index (Phi) is 3.23. The van der Waals surface area contributed by atoms with Crippen LogP contribution in [0, 0.1) is 4.64 Å². The predicted octanol–water partition coefficient (Wildman–Crippen LogP) is 3.99. The second kappa shape index (κ2) is 4.38. The summed E-state index contributed by atoms with van der Waals surface area (Å²) in [5, 5.41) is 3.29. The average molecular weight is 312 g/mol. The Labute approximate surface area is 114 Å². The molecule has 0 saturated carbocycles. The van der Waals surface area contributed by atoms with Crippen molar-refractivity contribution in [2.45, 2.75) is 26.2 Å². The SMILES string of the molecule is CC(C)(C)c1cc(=S)n(-c2ccc(Br)cn2)[nH]1. The van der Waals surface area contributed by atoms with Crippen molar-refractivity contribution < 1.29 is 0 Å². The highest BCUT2D eigenvalue weighted by Crippen LogP contribution is 2.21. The lowest BCUT2D eigenvalue weighted by Crippen LogP contribution is -2.12. The van der Waals surface area contributed by atoms with Crippen LogP contribution in [0.1, 0.15) is 26.5 Å². The van der Waals surface area contributed by atoms with Crippen LogP contribution in [0.2, 0.25) is 0 Å². The van der Waals surface area contributed by atoms with Crippen molar-refractivity contribution >= 4 is 28.1 Å². The molecule has 5 heteroatoms. The molecule has 1 N–H and O–H groups in total. The molecule has 0 spiro atoms. The van der Waals surface area contributed by atoms with Gasteiger partial charge < -0.3 is 0 Å². The van der Waals surface area contributed by atoms with Crippen LogP contribution in [0.15, 0.2) is 28.9 Å². The topological polar surface area (TPSA) is 33.6 Å². The molecule has 0 amide bonds. The molecular formula is C12H14BrN3S. The molecule has 90 valence electrons. The van der Waals surface area contributed by atoms with Gasteiger partial charge in [0.1, 0.15) is 4.64 Å². The summed E-state index contributed by atoms with van der Waals surface area (Å²) in [6, 6.07) is 5.85. The van der Waals surface area contributed by atoms with Gasteiger partial charge in [0.15, 0.2) is 5.82 Å². The van der Waals surface area contributed by atoms with Crippen molar-refractivity contribution in [2.75, 3.05) is 0 Å². The highest BCUT2D eigenvalue weighted by Gasteiger charge is 2.17. The van der Waals surface area contributed by atoms with E-state index >= 15 is 0 Å². The Bertz CT molecular complexity index is 575. The van der Waals surface area contributed by atoms with E-state index in [0.29, 0.717) is 0 Å². The zero-order valence-electron chi connectivity index (χ0n) is 9.99. The van der Waals surface area contributed by atoms with Crippen molar-refractivity contribution in [2.24, 2.45) is 0 Å². The van der Waals surface area contributed by atoms with Crippen LogP contribution in [0.4, 0.5) is 0 Å². The Morgan fingerprint density at radius 3 is 2.53 bits per heavy atom. The van der Waals surface area contributed by atoms with E-state index in [4.69, 9.17) is 12.2 Å². The molecular weight excluding hydrogens is 298 g/mol. The molecule has 0 aromatic carbocycles. The van der Waals surface area contributed by atoms with E-state index in [1.165, 1.54) is 0 Å². The maximum absolute atomic E-state index is 5.34. The van der Waals surface area contributed by atoms with Crippen LogP contribution in [0.3, 0.4) is 0 Å². The molecule has 17 heavy (non-hydrogen) atoms. The van der Waals surface area contributed by atoms with Gasteiger partial charge in [0.25, 0.3) is 0 Å². The first-order valence-corrected chi connectivity index (χ1v) is 6.52. The summed E-state index contributed by atoms with van der Waals surface area (Å²) in [7, 11) is 0. The van der Waals surface area contributed by atoms with Crippen LogP contribution in [-0.4, -0.2) is 14.8 Å². The fourth-order valence-corrected chi connectivity index (χ4v) is 1.94. The summed E-state index contributed by atoms with van der Waals surface area (Å²) in [6.45, 7) is 6.44. The Morgan fingerprint density at radius 2 is 2.06 bits per heavy atom. The van der Waals surface area contributed by atoms with Crippen molar-refractivity contribution in [3.8, 4) is 5.82 Å². The number of halogens is 1. The zero-order valence-corrected chi connectivity index (χ0v) is 12.4. The van der Waals surface area contributed by atoms with E-state index in [1.807, 2.05) is 22.9 Å². The van der Waals surface area contributed by atoms with Crippen molar-refractivity contribution in [1.82, 2.24) is 14.8 Å². The third-order valence-corrected chi connectivity index (χ3v) is 3.24. The highest BCUT2D eigenvalue weighted by molar-refractivity contribution is 9.10. The lowest BCUT2D eigenvalue weighted by molar-refractivity contribution is 0.559. The number of rotatable bonds is 1. The molecule has 2 aromatic heterocycles. The quantitative estimate of drug-likeness (QED) is 0.808. The predicted molar refractivity (Wildman–Crippen MR) is 75.1 cm³/mol. The number of aromatic amines is 1.